The van der Waals surface area contributed by atoms with Crippen LogP contribution in [0.25, 0.3) is 10.9 Å². The van der Waals surface area contributed by atoms with Gasteiger partial charge in [-0.15, -0.1) is 0 Å². The monoisotopic (exact) mass is 423 g/mol. The van der Waals surface area contributed by atoms with Crippen LogP contribution in [0.4, 0.5) is 5.95 Å². The lowest BCUT2D eigenvalue weighted by molar-refractivity contribution is 0.0705. The molecule has 0 aliphatic carbocycles. The van der Waals surface area contributed by atoms with Gasteiger partial charge in [0.05, 0.1) is 16.8 Å². The van der Waals surface area contributed by atoms with Crippen molar-refractivity contribution in [2.45, 2.75) is 39.3 Å². The van der Waals surface area contributed by atoms with Crippen molar-refractivity contribution in [3.63, 3.8) is 0 Å². The number of nitrogens with one attached hydrogen (secondary N) is 2. The predicted octanol–water partition coefficient (Wildman–Crippen LogP) is 2.36. The summed E-state index contributed by atoms with van der Waals surface area (Å²) in [5.41, 5.74) is 4.14. The first-order chi connectivity index (χ1) is 15.2. The van der Waals surface area contributed by atoms with Crippen LogP contribution in [0.15, 0.2) is 36.7 Å². The Kier molecular flexibility index (Phi) is 6.73. The van der Waals surface area contributed by atoms with Crippen LogP contribution in [0.3, 0.4) is 0 Å². The van der Waals surface area contributed by atoms with E-state index >= 15 is 0 Å². The van der Waals surface area contributed by atoms with Crippen LogP contribution in [-0.4, -0.2) is 50.5 Å². The second-order valence-corrected chi connectivity index (χ2v) is 7.96. The number of fused-ring (bicyclic) bond motifs is 1. The molecule has 2 aromatic heterocycles. The third-order valence-corrected chi connectivity index (χ3v) is 5.79. The van der Waals surface area contributed by atoms with E-state index in [0.717, 1.165) is 57.7 Å². The molecular formula is C22H29N7O2. The Morgan fingerprint density at radius 1 is 1.19 bits per heavy atom. The van der Waals surface area contributed by atoms with Crippen LogP contribution >= 0.6 is 0 Å². The highest BCUT2D eigenvalue weighted by Crippen LogP contribution is 2.21. The zero-order chi connectivity index (χ0) is 21.6. The van der Waals surface area contributed by atoms with E-state index in [1.54, 1.807) is 5.48 Å². The van der Waals surface area contributed by atoms with E-state index in [4.69, 9.17) is 10.3 Å². The van der Waals surface area contributed by atoms with Crippen LogP contribution in [0.5, 0.6) is 0 Å². The number of amides is 1. The fraction of sp³-hybridized carbons (Fsp3) is 0.455. The molecule has 0 bridgehead atoms. The molecule has 1 fully saturated rings. The fourth-order valence-corrected chi connectivity index (χ4v) is 4.11. The molecule has 4 rings (SSSR count). The van der Waals surface area contributed by atoms with Gasteiger partial charge in [0.2, 0.25) is 5.95 Å². The Labute approximate surface area is 181 Å². The molecule has 0 saturated carbocycles. The number of benzene rings is 1. The van der Waals surface area contributed by atoms with E-state index in [2.05, 4.69) is 56.1 Å². The smallest absolute Gasteiger partial charge is 0.277 e. The van der Waals surface area contributed by atoms with Gasteiger partial charge >= 0.3 is 0 Å². The molecule has 3 N–H and O–H groups in total. The van der Waals surface area contributed by atoms with Gasteiger partial charge in [0, 0.05) is 44.0 Å². The highest BCUT2D eigenvalue weighted by atomic mass is 16.5. The van der Waals surface area contributed by atoms with Crippen LogP contribution < -0.4 is 15.7 Å². The maximum atomic E-state index is 11.4. The SMILES string of the molecule is CCCn1nc(CNCC2CCN(c3ncc(C(=O)NO)cn3)CC2)c2ccccc21. The van der Waals surface area contributed by atoms with Crippen molar-refractivity contribution in [2.24, 2.45) is 5.92 Å². The normalized spacial score (nSPS) is 14.8. The summed E-state index contributed by atoms with van der Waals surface area (Å²) >= 11 is 0. The number of para-hydroxylation sites is 1. The molecule has 0 spiro atoms. The number of hydrogen-bond donors (Lipinski definition) is 3. The van der Waals surface area contributed by atoms with Crippen molar-refractivity contribution in [2.75, 3.05) is 24.5 Å². The van der Waals surface area contributed by atoms with Crippen molar-refractivity contribution in [1.82, 2.24) is 30.5 Å². The highest BCUT2D eigenvalue weighted by Gasteiger charge is 2.21. The van der Waals surface area contributed by atoms with E-state index in [9.17, 15) is 4.79 Å². The summed E-state index contributed by atoms with van der Waals surface area (Å²) in [6.07, 6.45) is 6.05. The second kappa shape index (κ2) is 9.84. The van der Waals surface area contributed by atoms with Crippen molar-refractivity contribution in [1.29, 1.82) is 0 Å². The highest BCUT2D eigenvalue weighted by molar-refractivity contribution is 5.92. The topological polar surface area (TPSA) is 108 Å². The minimum atomic E-state index is -0.608. The Balaban J connectivity index is 1.27. The molecule has 31 heavy (non-hydrogen) atoms. The van der Waals surface area contributed by atoms with Gasteiger partial charge in [0.15, 0.2) is 0 Å². The molecule has 1 saturated heterocycles. The Hall–Kier alpha value is -3.04. The minimum Gasteiger partial charge on any atom is -0.341 e. The number of anilines is 1. The number of carbonyl (C=O) groups is 1. The van der Waals surface area contributed by atoms with Gasteiger partial charge in [-0.2, -0.15) is 5.10 Å². The zero-order valence-corrected chi connectivity index (χ0v) is 17.8. The number of aryl methyl sites for hydroxylation is 1. The molecule has 9 nitrogen and oxygen atoms in total. The first-order valence-corrected chi connectivity index (χ1v) is 10.9. The molecule has 1 amide bonds. The molecule has 3 heterocycles. The fourth-order valence-electron chi connectivity index (χ4n) is 4.11. The standard InChI is InChI=1S/C22H29N7O2/c1-2-9-29-20-6-4-3-5-18(20)19(26-29)15-23-12-16-7-10-28(11-8-16)22-24-13-17(14-25-22)21(30)27-31/h3-6,13-14,16,23,31H,2,7-12,15H2,1H3,(H,27,30). The number of nitrogens with zero attached hydrogens (tertiary/aromatic N) is 5. The average Bonchev–Trinajstić information content (AvgIpc) is 3.17. The Morgan fingerprint density at radius 3 is 2.65 bits per heavy atom. The summed E-state index contributed by atoms with van der Waals surface area (Å²) in [5.74, 6) is 0.608. The number of aromatic nitrogens is 4. The van der Waals surface area contributed by atoms with E-state index in [-0.39, 0.29) is 5.56 Å². The molecule has 3 aromatic rings. The van der Waals surface area contributed by atoms with Gasteiger partial charge in [-0.05, 0) is 37.8 Å². The van der Waals surface area contributed by atoms with Gasteiger partial charge in [-0.25, -0.2) is 15.4 Å². The first kappa shape index (κ1) is 21.2. The number of piperidine rings is 1. The molecule has 1 aromatic carbocycles. The van der Waals surface area contributed by atoms with Gasteiger partial charge in [0.25, 0.3) is 5.91 Å². The third kappa shape index (κ3) is 4.83. The number of rotatable bonds is 8. The van der Waals surface area contributed by atoms with Crippen molar-refractivity contribution in [3.8, 4) is 0 Å². The van der Waals surface area contributed by atoms with E-state index in [1.807, 2.05) is 0 Å². The lowest BCUT2D eigenvalue weighted by Gasteiger charge is -2.32. The first-order valence-electron chi connectivity index (χ1n) is 10.9. The largest absolute Gasteiger partial charge is 0.341 e. The van der Waals surface area contributed by atoms with E-state index in [1.165, 1.54) is 23.3 Å². The minimum absolute atomic E-state index is 0.235. The second-order valence-electron chi connectivity index (χ2n) is 7.96. The van der Waals surface area contributed by atoms with Crippen molar-refractivity contribution < 1.29 is 10.0 Å². The summed E-state index contributed by atoms with van der Waals surface area (Å²) < 4.78 is 2.11. The van der Waals surface area contributed by atoms with Crippen LogP contribution in [0.2, 0.25) is 0 Å². The molecule has 0 unspecified atom stereocenters. The van der Waals surface area contributed by atoms with Crippen molar-refractivity contribution >= 4 is 22.8 Å². The molecule has 1 aliphatic heterocycles. The maximum Gasteiger partial charge on any atom is 0.277 e. The number of hydrogen-bond acceptors (Lipinski definition) is 7. The van der Waals surface area contributed by atoms with Crippen LogP contribution in [0.1, 0.15) is 42.2 Å². The van der Waals surface area contributed by atoms with Gasteiger partial charge < -0.3 is 10.2 Å². The number of carbonyl (C=O) groups excluding carboxylic acids is 1. The molecule has 9 heteroatoms. The summed E-state index contributed by atoms with van der Waals surface area (Å²) in [5, 5.41) is 18.3. The summed E-state index contributed by atoms with van der Waals surface area (Å²) in [7, 11) is 0. The molecule has 164 valence electrons. The molecular weight excluding hydrogens is 394 g/mol. The van der Waals surface area contributed by atoms with Gasteiger partial charge in [0.1, 0.15) is 0 Å². The van der Waals surface area contributed by atoms with Gasteiger partial charge in [-0.3, -0.25) is 14.7 Å². The maximum absolute atomic E-state index is 11.4. The lowest BCUT2D eigenvalue weighted by Crippen LogP contribution is -2.38. The third-order valence-electron chi connectivity index (χ3n) is 5.79. The molecule has 0 atom stereocenters. The molecule has 1 aliphatic rings. The zero-order valence-electron chi connectivity index (χ0n) is 17.8. The van der Waals surface area contributed by atoms with Crippen molar-refractivity contribution in [3.05, 3.63) is 47.9 Å². The summed E-state index contributed by atoms with van der Waals surface area (Å²) in [6, 6.07) is 8.44. The Morgan fingerprint density at radius 2 is 1.94 bits per heavy atom. The summed E-state index contributed by atoms with van der Waals surface area (Å²) in [6.45, 7) is 6.60. The van der Waals surface area contributed by atoms with E-state index in [0.29, 0.717) is 11.9 Å². The predicted molar refractivity (Wildman–Crippen MR) is 118 cm³/mol. The summed E-state index contributed by atoms with van der Waals surface area (Å²) in [4.78, 5) is 22.0. The number of hydroxylamine groups is 1. The van der Waals surface area contributed by atoms with Crippen LogP contribution in [-0.2, 0) is 13.1 Å². The van der Waals surface area contributed by atoms with E-state index < -0.39 is 5.91 Å². The average molecular weight is 424 g/mol. The Bertz CT molecular complexity index is 1010. The van der Waals surface area contributed by atoms with Crippen LogP contribution in [0, 0.1) is 5.92 Å². The lowest BCUT2D eigenvalue weighted by atomic mass is 9.97. The quantitative estimate of drug-likeness (QED) is 0.377. The van der Waals surface area contributed by atoms with Gasteiger partial charge in [-0.1, -0.05) is 25.1 Å². The molecule has 0 radical (unpaired) electrons.